The van der Waals surface area contributed by atoms with Crippen LogP contribution >= 0.6 is 0 Å². The van der Waals surface area contributed by atoms with E-state index in [1.165, 1.54) is 0 Å². The summed E-state index contributed by atoms with van der Waals surface area (Å²) in [5, 5.41) is 31.3. The van der Waals surface area contributed by atoms with Gasteiger partial charge in [0.25, 0.3) is 0 Å². The molecule has 0 amide bonds. The zero-order valence-corrected chi connectivity index (χ0v) is 19.1. The Morgan fingerprint density at radius 2 is 0.615 bits per heavy atom. The second kappa shape index (κ2) is 9.28. The van der Waals surface area contributed by atoms with Gasteiger partial charge in [-0.05, 0) is 0 Å². The predicted octanol–water partition coefficient (Wildman–Crippen LogP) is -1.37. The van der Waals surface area contributed by atoms with Gasteiger partial charge in [0, 0.05) is 0 Å². The number of likely N-dealkylation sites (N-methyl/N-ethyl adjacent to an activating group) is 4. The van der Waals surface area contributed by atoms with Crippen molar-refractivity contribution in [3.8, 4) is 0 Å². The number of hydrogen-bond acceptors (Lipinski definition) is 3. The maximum atomic E-state index is 10.6. The molecule has 2 atom stereocenters. The van der Waals surface area contributed by atoms with E-state index in [-0.39, 0.29) is 0 Å². The van der Waals surface area contributed by atoms with Crippen molar-refractivity contribution in [3.63, 3.8) is 0 Å². The van der Waals surface area contributed by atoms with Crippen molar-refractivity contribution in [2.75, 3.05) is 110 Å². The van der Waals surface area contributed by atoms with Gasteiger partial charge in [-0.3, -0.25) is 0 Å². The topological polar surface area (TPSA) is 60.7 Å². The van der Waals surface area contributed by atoms with Crippen LogP contribution in [-0.4, -0.2) is 161 Å². The molecule has 0 aromatic heterocycles. The summed E-state index contributed by atoms with van der Waals surface area (Å²) in [5.41, 5.74) is 0. The Kier molecular flexibility index (Phi) is 9.18. The van der Waals surface area contributed by atoms with E-state index < -0.39 is 18.3 Å². The summed E-state index contributed by atoms with van der Waals surface area (Å²) in [6.45, 7) is 3.78. The standard InChI is InChI=1S/C19H48N4O3/c1-20(2,3)11-17(24)13-22(7,8)15-19(26)16-23(9,10)14-18(25)12-21(4,5)6/h17-19,24-26H,11-16H2,1-10H3/q+4. The van der Waals surface area contributed by atoms with Gasteiger partial charge in [0.1, 0.15) is 39.3 Å². The predicted molar refractivity (Wildman–Crippen MR) is 108 cm³/mol. The number of aliphatic hydroxyl groups excluding tert-OH is 3. The Hall–Kier alpha value is -0.280. The van der Waals surface area contributed by atoms with Crippen LogP contribution in [0.2, 0.25) is 0 Å². The minimum atomic E-state index is -0.479. The third kappa shape index (κ3) is 13.9. The summed E-state index contributed by atoms with van der Waals surface area (Å²) in [7, 11) is 20.6. The third-order valence-corrected chi connectivity index (χ3v) is 4.34. The summed E-state index contributed by atoms with van der Waals surface area (Å²) < 4.78 is 2.59. The van der Waals surface area contributed by atoms with Crippen molar-refractivity contribution in [2.45, 2.75) is 18.3 Å². The lowest BCUT2D eigenvalue weighted by atomic mass is 10.2. The molecule has 0 spiro atoms. The molecule has 0 aliphatic heterocycles. The lowest BCUT2D eigenvalue weighted by Gasteiger charge is -2.38. The zero-order valence-electron chi connectivity index (χ0n) is 19.1. The summed E-state index contributed by atoms with van der Waals surface area (Å²) >= 11 is 0. The molecule has 0 heterocycles. The van der Waals surface area contributed by atoms with Crippen molar-refractivity contribution in [3.05, 3.63) is 0 Å². The fourth-order valence-electron chi connectivity index (χ4n) is 3.87. The molecule has 0 fully saturated rings. The maximum Gasteiger partial charge on any atom is 0.152 e. The maximum absolute atomic E-state index is 10.6. The van der Waals surface area contributed by atoms with Crippen LogP contribution in [-0.2, 0) is 0 Å². The fraction of sp³-hybridized carbons (Fsp3) is 1.00. The third-order valence-electron chi connectivity index (χ3n) is 4.34. The van der Waals surface area contributed by atoms with E-state index in [4.69, 9.17) is 0 Å². The number of aliphatic hydroxyl groups is 3. The largest absolute Gasteiger partial charge is 0.382 e. The highest BCUT2D eigenvalue weighted by molar-refractivity contribution is 4.59. The van der Waals surface area contributed by atoms with Gasteiger partial charge >= 0.3 is 0 Å². The minimum absolute atomic E-state index is 0.397. The first-order valence-electron chi connectivity index (χ1n) is 9.59. The Bertz CT molecular complexity index is 376. The van der Waals surface area contributed by atoms with E-state index >= 15 is 0 Å². The second-order valence-electron chi connectivity index (χ2n) is 11.5. The van der Waals surface area contributed by atoms with E-state index in [0.717, 1.165) is 8.97 Å². The van der Waals surface area contributed by atoms with Crippen molar-refractivity contribution in [1.82, 2.24) is 0 Å². The Labute approximate surface area is 162 Å². The minimum Gasteiger partial charge on any atom is -0.382 e. The Morgan fingerprint density at radius 1 is 0.423 bits per heavy atom. The monoisotopic (exact) mass is 380 g/mol. The Balaban J connectivity index is 4.58. The van der Waals surface area contributed by atoms with Crippen molar-refractivity contribution < 1.29 is 33.3 Å². The average Bonchev–Trinajstić information content (AvgIpc) is 2.16. The molecule has 0 aromatic rings. The van der Waals surface area contributed by atoms with E-state index in [1.807, 2.05) is 28.2 Å². The molecule has 0 radical (unpaired) electrons. The molecule has 0 saturated heterocycles. The van der Waals surface area contributed by atoms with Crippen LogP contribution in [0.5, 0.6) is 0 Å². The molecule has 0 aliphatic rings. The van der Waals surface area contributed by atoms with Crippen LogP contribution in [0.15, 0.2) is 0 Å². The fourth-order valence-corrected chi connectivity index (χ4v) is 3.87. The number of quaternary nitrogens is 4. The zero-order chi connectivity index (χ0) is 21.0. The lowest BCUT2D eigenvalue weighted by molar-refractivity contribution is -0.925. The molecule has 7 heteroatoms. The molecule has 3 N–H and O–H groups in total. The van der Waals surface area contributed by atoms with E-state index in [9.17, 15) is 15.3 Å². The Morgan fingerprint density at radius 3 is 0.808 bits per heavy atom. The number of hydrogen-bond donors (Lipinski definition) is 3. The van der Waals surface area contributed by atoms with Crippen LogP contribution in [0, 0.1) is 0 Å². The smallest absolute Gasteiger partial charge is 0.152 e. The molecule has 2 unspecified atom stereocenters. The van der Waals surface area contributed by atoms with Crippen molar-refractivity contribution in [2.24, 2.45) is 0 Å². The lowest BCUT2D eigenvalue weighted by Crippen LogP contribution is -2.58. The first-order valence-corrected chi connectivity index (χ1v) is 9.59. The van der Waals surface area contributed by atoms with Gasteiger partial charge in [-0.2, -0.15) is 0 Å². The van der Waals surface area contributed by atoms with Gasteiger partial charge in [0.05, 0.1) is 70.5 Å². The van der Waals surface area contributed by atoms with E-state index in [0.29, 0.717) is 48.2 Å². The summed E-state index contributed by atoms with van der Waals surface area (Å²) in [4.78, 5) is 0. The summed E-state index contributed by atoms with van der Waals surface area (Å²) in [5.74, 6) is 0. The highest BCUT2D eigenvalue weighted by Gasteiger charge is 2.32. The molecule has 7 nitrogen and oxygen atoms in total. The molecule has 0 rings (SSSR count). The summed E-state index contributed by atoms with van der Waals surface area (Å²) in [6.07, 6.45) is -1.27. The van der Waals surface area contributed by atoms with Gasteiger partial charge in [-0.25, -0.2) is 0 Å². The molecule has 158 valence electrons. The van der Waals surface area contributed by atoms with Crippen molar-refractivity contribution in [1.29, 1.82) is 0 Å². The van der Waals surface area contributed by atoms with Crippen LogP contribution in [0.3, 0.4) is 0 Å². The van der Waals surface area contributed by atoms with Gasteiger partial charge in [-0.1, -0.05) is 0 Å². The highest BCUT2D eigenvalue weighted by atomic mass is 16.3. The number of nitrogens with zero attached hydrogens (tertiary/aromatic N) is 4. The van der Waals surface area contributed by atoms with Gasteiger partial charge < -0.3 is 33.3 Å². The van der Waals surface area contributed by atoms with Crippen LogP contribution in [0.4, 0.5) is 0 Å². The van der Waals surface area contributed by atoms with Gasteiger partial charge in [-0.15, -0.1) is 0 Å². The quantitative estimate of drug-likeness (QED) is 0.366. The number of rotatable bonds is 12. The van der Waals surface area contributed by atoms with Crippen molar-refractivity contribution >= 4 is 0 Å². The van der Waals surface area contributed by atoms with Crippen LogP contribution in [0.25, 0.3) is 0 Å². The molecule has 26 heavy (non-hydrogen) atoms. The first kappa shape index (κ1) is 25.7. The van der Waals surface area contributed by atoms with E-state index in [1.54, 1.807) is 0 Å². The molecule has 0 bridgehead atoms. The highest BCUT2D eigenvalue weighted by Crippen LogP contribution is 2.10. The molecular weight excluding hydrogens is 332 g/mol. The second-order valence-corrected chi connectivity index (χ2v) is 11.5. The molecule has 0 aliphatic carbocycles. The molecular formula is C19H48N4O3+4. The van der Waals surface area contributed by atoms with Gasteiger partial charge in [0.2, 0.25) is 0 Å². The molecule has 0 saturated carbocycles. The summed E-state index contributed by atoms with van der Waals surface area (Å²) in [6, 6.07) is 0. The molecule has 0 aromatic carbocycles. The van der Waals surface area contributed by atoms with Gasteiger partial charge in [0.15, 0.2) is 18.3 Å². The normalized spacial score (nSPS) is 17.9. The van der Waals surface area contributed by atoms with E-state index in [2.05, 4.69) is 42.3 Å². The SMILES string of the molecule is C[N+](C)(C)CC(O)C[N+](C)(C)CC(O)C[N+](C)(C)CC(O)C[N+](C)(C)C. The average molecular weight is 381 g/mol. The van der Waals surface area contributed by atoms with Crippen LogP contribution < -0.4 is 0 Å². The first-order chi connectivity index (χ1) is 11.3. The van der Waals surface area contributed by atoms with Crippen LogP contribution in [0.1, 0.15) is 0 Å².